The van der Waals surface area contributed by atoms with Crippen LogP contribution in [0.25, 0.3) is 0 Å². The average Bonchev–Trinajstić information content (AvgIpc) is 3.02. The van der Waals surface area contributed by atoms with E-state index in [0.717, 1.165) is 36.2 Å². The van der Waals surface area contributed by atoms with E-state index in [0.29, 0.717) is 19.4 Å². The summed E-state index contributed by atoms with van der Waals surface area (Å²) < 4.78 is 8.16. The number of aromatic nitrogens is 1. The zero-order valence-corrected chi connectivity index (χ0v) is 14.4. The molecule has 1 saturated carbocycles. The van der Waals surface area contributed by atoms with Crippen LogP contribution in [0.3, 0.4) is 0 Å². The molecule has 1 aromatic heterocycles. The Hall–Kier alpha value is -1.56. The number of aliphatic hydroxyl groups is 1. The maximum atomic E-state index is 12.0. The van der Waals surface area contributed by atoms with E-state index in [-0.39, 0.29) is 17.2 Å². The average molecular weight is 382 g/mol. The van der Waals surface area contributed by atoms with Crippen LogP contribution in [0, 0.1) is 5.92 Å². The summed E-state index contributed by atoms with van der Waals surface area (Å²) in [4.78, 5) is 23.8. The molecule has 5 nitrogen and oxygen atoms in total. The lowest BCUT2D eigenvalue weighted by Gasteiger charge is -2.40. The van der Waals surface area contributed by atoms with Gasteiger partial charge in [0.05, 0.1) is 6.08 Å². The fourth-order valence-electron chi connectivity index (χ4n) is 3.77. The number of carbonyl (C=O) groups is 1. The van der Waals surface area contributed by atoms with Gasteiger partial charge in [-0.05, 0) is 40.8 Å². The molecule has 0 saturated heterocycles. The van der Waals surface area contributed by atoms with Crippen molar-refractivity contribution in [1.29, 1.82) is 0 Å². The van der Waals surface area contributed by atoms with Crippen LogP contribution in [-0.4, -0.2) is 21.2 Å². The fraction of sp³-hybridized carbons (Fsp3) is 0.529. The lowest BCUT2D eigenvalue weighted by atomic mass is 9.78. The monoisotopic (exact) mass is 381 g/mol. The van der Waals surface area contributed by atoms with Gasteiger partial charge in [0.1, 0.15) is 11.4 Å². The summed E-state index contributed by atoms with van der Waals surface area (Å²) in [7, 11) is 0. The molecule has 0 amide bonds. The van der Waals surface area contributed by atoms with Gasteiger partial charge in [0.2, 0.25) is 0 Å². The van der Waals surface area contributed by atoms with Crippen LogP contribution in [0.15, 0.2) is 39.4 Å². The molecule has 1 aliphatic carbocycles. The fourth-order valence-corrected chi connectivity index (χ4v) is 4.15. The van der Waals surface area contributed by atoms with E-state index in [1.807, 2.05) is 0 Å². The predicted octanol–water partition coefficient (Wildman–Crippen LogP) is 3.32. The zero-order valence-electron chi connectivity index (χ0n) is 12.8. The molecule has 1 N–H and O–H groups in total. The Morgan fingerprint density at radius 2 is 2.04 bits per heavy atom. The maximum Gasteiger partial charge on any atom is 0.334 e. The van der Waals surface area contributed by atoms with Gasteiger partial charge in [-0.2, -0.15) is 0 Å². The molecule has 0 spiro atoms. The molecule has 3 rings (SSSR count). The van der Waals surface area contributed by atoms with Crippen LogP contribution < -0.4 is 5.56 Å². The molecular weight excluding hydrogens is 362 g/mol. The smallest absolute Gasteiger partial charge is 0.334 e. The van der Waals surface area contributed by atoms with Crippen LogP contribution >= 0.6 is 15.9 Å². The molecule has 0 aromatic carbocycles. The number of ether oxygens (including phenoxy) is 1. The standard InChI is InChI=1S/C17H20BrNO4/c18-13-5-6-15(21)19(11-13)8-7-17(12-3-1-2-4-12)10-14(20)9-16(22)23-17/h5-6,9,11-12,20H,1-4,7-8,10H2. The maximum absolute atomic E-state index is 12.0. The van der Waals surface area contributed by atoms with Gasteiger partial charge < -0.3 is 14.4 Å². The van der Waals surface area contributed by atoms with Gasteiger partial charge in [0.25, 0.3) is 5.56 Å². The summed E-state index contributed by atoms with van der Waals surface area (Å²) in [5.41, 5.74) is -0.787. The molecule has 1 unspecified atom stereocenters. The minimum Gasteiger partial charge on any atom is -0.512 e. The Morgan fingerprint density at radius 3 is 2.74 bits per heavy atom. The Balaban J connectivity index is 1.84. The van der Waals surface area contributed by atoms with Crippen LogP contribution in [0.4, 0.5) is 0 Å². The third-order valence-electron chi connectivity index (χ3n) is 4.89. The topological polar surface area (TPSA) is 68.5 Å². The highest BCUT2D eigenvalue weighted by atomic mass is 79.9. The predicted molar refractivity (Wildman–Crippen MR) is 89.1 cm³/mol. The van der Waals surface area contributed by atoms with Crippen LogP contribution in [-0.2, 0) is 16.1 Å². The number of nitrogens with zero attached hydrogens (tertiary/aromatic N) is 1. The summed E-state index contributed by atoms with van der Waals surface area (Å²) >= 11 is 3.37. The largest absolute Gasteiger partial charge is 0.512 e. The minimum atomic E-state index is -0.700. The number of pyridine rings is 1. The lowest BCUT2D eigenvalue weighted by Crippen LogP contribution is -2.45. The summed E-state index contributed by atoms with van der Waals surface area (Å²) in [6.07, 6.45) is 7.98. The van der Waals surface area contributed by atoms with Crippen molar-refractivity contribution in [2.45, 2.75) is 50.7 Å². The molecule has 0 radical (unpaired) electrons. The first-order valence-electron chi connectivity index (χ1n) is 7.97. The Labute approximate surface area is 143 Å². The zero-order chi connectivity index (χ0) is 16.4. The number of hydrogen-bond donors (Lipinski definition) is 1. The molecule has 124 valence electrons. The van der Waals surface area contributed by atoms with E-state index in [9.17, 15) is 14.7 Å². The highest BCUT2D eigenvalue weighted by Crippen LogP contribution is 2.44. The molecule has 6 heteroatoms. The van der Waals surface area contributed by atoms with E-state index >= 15 is 0 Å². The Bertz CT molecular complexity index is 690. The molecule has 1 aromatic rings. The van der Waals surface area contributed by atoms with Crippen molar-refractivity contribution in [3.05, 3.63) is 45.0 Å². The number of esters is 1. The first-order chi connectivity index (χ1) is 11.0. The highest BCUT2D eigenvalue weighted by Gasteiger charge is 2.46. The number of carbonyl (C=O) groups excluding carboxylic acids is 1. The van der Waals surface area contributed by atoms with E-state index < -0.39 is 11.6 Å². The van der Waals surface area contributed by atoms with E-state index in [1.54, 1.807) is 16.8 Å². The number of hydrogen-bond acceptors (Lipinski definition) is 4. The number of rotatable bonds is 4. The number of cyclic esters (lactones) is 1. The van der Waals surface area contributed by atoms with Gasteiger partial charge in [-0.15, -0.1) is 0 Å². The second-order valence-corrected chi connectivity index (χ2v) is 7.32. The van der Waals surface area contributed by atoms with Crippen molar-refractivity contribution in [1.82, 2.24) is 4.57 Å². The lowest BCUT2D eigenvalue weighted by molar-refractivity contribution is -0.166. The third kappa shape index (κ3) is 3.52. The normalized spacial score (nSPS) is 25.3. The van der Waals surface area contributed by atoms with E-state index in [1.165, 1.54) is 6.07 Å². The second-order valence-electron chi connectivity index (χ2n) is 6.41. The van der Waals surface area contributed by atoms with Crippen molar-refractivity contribution < 1.29 is 14.6 Å². The van der Waals surface area contributed by atoms with Crippen molar-refractivity contribution >= 4 is 21.9 Å². The van der Waals surface area contributed by atoms with Crippen molar-refractivity contribution in [3.63, 3.8) is 0 Å². The van der Waals surface area contributed by atoms with Gasteiger partial charge in [-0.3, -0.25) is 4.79 Å². The van der Waals surface area contributed by atoms with Crippen LogP contribution in [0.2, 0.25) is 0 Å². The summed E-state index contributed by atoms with van der Waals surface area (Å²) in [5.74, 6) is -0.165. The van der Waals surface area contributed by atoms with Crippen molar-refractivity contribution in [2.24, 2.45) is 5.92 Å². The molecule has 0 bridgehead atoms. The summed E-state index contributed by atoms with van der Waals surface area (Å²) in [6.45, 7) is 0.454. The number of aliphatic hydroxyl groups excluding tert-OH is 1. The highest BCUT2D eigenvalue weighted by molar-refractivity contribution is 9.10. The quantitative estimate of drug-likeness (QED) is 0.812. The Morgan fingerprint density at radius 1 is 1.30 bits per heavy atom. The molecule has 23 heavy (non-hydrogen) atoms. The first kappa shape index (κ1) is 16.3. The number of aryl methyl sites for hydroxylation is 1. The number of halogens is 1. The van der Waals surface area contributed by atoms with Gasteiger partial charge >= 0.3 is 5.97 Å². The SMILES string of the molecule is O=C1C=C(O)CC(CCn2cc(Br)ccc2=O)(C2CCCC2)O1. The van der Waals surface area contributed by atoms with Crippen molar-refractivity contribution in [2.75, 3.05) is 0 Å². The summed E-state index contributed by atoms with van der Waals surface area (Å²) in [6, 6.07) is 3.22. The molecule has 1 aliphatic heterocycles. The minimum absolute atomic E-state index is 0.0785. The van der Waals surface area contributed by atoms with Gasteiger partial charge in [0.15, 0.2) is 0 Å². The van der Waals surface area contributed by atoms with Crippen molar-refractivity contribution in [3.8, 4) is 0 Å². The van der Waals surface area contributed by atoms with Gasteiger partial charge in [0, 0.05) is 36.1 Å². The van der Waals surface area contributed by atoms with E-state index in [2.05, 4.69) is 15.9 Å². The molecule has 2 aliphatic rings. The second kappa shape index (κ2) is 6.51. The van der Waals surface area contributed by atoms with Gasteiger partial charge in [-0.25, -0.2) is 4.79 Å². The van der Waals surface area contributed by atoms with Crippen LogP contribution in [0.5, 0.6) is 0 Å². The molecule has 1 atom stereocenters. The van der Waals surface area contributed by atoms with Crippen LogP contribution in [0.1, 0.15) is 38.5 Å². The first-order valence-corrected chi connectivity index (χ1v) is 8.76. The molecular formula is C17H20BrNO4. The van der Waals surface area contributed by atoms with E-state index in [4.69, 9.17) is 4.74 Å². The molecule has 1 fully saturated rings. The van der Waals surface area contributed by atoms with Gasteiger partial charge in [-0.1, -0.05) is 12.8 Å². The third-order valence-corrected chi connectivity index (χ3v) is 5.36. The Kier molecular flexibility index (Phi) is 4.62. The molecule has 2 heterocycles. The summed E-state index contributed by atoms with van der Waals surface area (Å²) in [5, 5.41) is 9.96.